The summed E-state index contributed by atoms with van der Waals surface area (Å²) in [5.41, 5.74) is 2.62. The fraction of sp³-hybridized carbons (Fsp3) is 0.400. The highest BCUT2D eigenvalue weighted by molar-refractivity contribution is 5.94. The molecule has 3 aromatic rings. The Morgan fingerprint density at radius 3 is 2.55 bits per heavy atom. The first-order valence-corrected chi connectivity index (χ1v) is 11.2. The Balaban J connectivity index is 1.34. The van der Waals surface area contributed by atoms with E-state index in [1.54, 1.807) is 14.0 Å². The van der Waals surface area contributed by atoms with Crippen LogP contribution >= 0.6 is 0 Å². The fourth-order valence-electron chi connectivity index (χ4n) is 4.29. The number of hydrogen-bond donors (Lipinski definition) is 2. The first-order chi connectivity index (χ1) is 15.8. The molecular formula is C25H30N4O4. The zero-order valence-electron chi connectivity index (χ0n) is 19.1. The predicted octanol–water partition coefficient (Wildman–Crippen LogP) is 2.60. The molecule has 0 bridgehead atoms. The summed E-state index contributed by atoms with van der Waals surface area (Å²) in [6.07, 6.45) is 2.23. The molecule has 4 atom stereocenters. The topological polar surface area (TPSA) is 101 Å². The van der Waals surface area contributed by atoms with Gasteiger partial charge in [0.25, 0.3) is 5.91 Å². The summed E-state index contributed by atoms with van der Waals surface area (Å²) in [7, 11) is 3.17. The smallest absolute Gasteiger partial charge is 0.390 e. The highest BCUT2D eigenvalue weighted by atomic mass is 16.4. The van der Waals surface area contributed by atoms with E-state index in [0.29, 0.717) is 5.56 Å². The van der Waals surface area contributed by atoms with Crippen LogP contribution in [0.4, 0.5) is 0 Å². The number of aliphatic hydroxyl groups excluding tert-OH is 1. The monoisotopic (exact) mass is 450 g/mol. The summed E-state index contributed by atoms with van der Waals surface area (Å²) < 4.78 is 6.22. The summed E-state index contributed by atoms with van der Waals surface area (Å²) in [6.45, 7) is 1.77. The standard InChI is InChI=1S/C25H30N4O4/c1-16(23-27-29(3)25(32)33-23)28(2)24(31)19-11-9-17(10-12-19)15-20-13-14-21(26-20)22(30)18-7-5-4-6-8-18/h4-12,16,20-22,26,30H,13-15H2,1-3H3/t16-,20+,21-,22?/m1/s1. The summed E-state index contributed by atoms with van der Waals surface area (Å²) in [5, 5.41) is 18.3. The van der Waals surface area contributed by atoms with Crippen LogP contribution in [0.25, 0.3) is 0 Å². The van der Waals surface area contributed by atoms with Crippen LogP contribution in [0.1, 0.15) is 59.3 Å². The fourth-order valence-corrected chi connectivity index (χ4v) is 4.29. The SMILES string of the molecule is C[C@H](c1nn(C)c(=O)o1)N(C)C(=O)c1ccc(C[C@@H]2CC[C@H](C(O)c3ccccc3)N2)cc1. The van der Waals surface area contributed by atoms with E-state index in [1.807, 2.05) is 54.6 Å². The molecule has 1 amide bonds. The number of carbonyl (C=O) groups excluding carboxylic acids is 1. The Labute approximate surface area is 192 Å². The Hall–Kier alpha value is -3.23. The van der Waals surface area contributed by atoms with E-state index in [9.17, 15) is 14.7 Å². The van der Waals surface area contributed by atoms with Crippen molar-refractivity contribution in [2.45, 2.75) is 50.4 Å². The van der Waals surface area contributed by atoms with Gasteiger partial charge in [-0.2, -0.15) is 4.68 Å². The molecule has 0 spiro atoms. The van der Waals surface area contributed by atoms with E-state index in [2.05, 4.69) is 10.4 Å². The molecular weight excluding hydrogens is 420 g/mol. The van der Waals surface area contributed by atoms with Gasteiger partial charge in [0.2, 0.25) is 5.89 Å². The number of aliphatic hydroxyl groups is 1. The van der Waals surface area contributed by atoms with Crippen molar-refractivity contribution < 1.29 is 14.3 Å². The number of aryl methyl sites for hydroxylation is 1. The van der Waals surface area contributed by atoms with Crippen LogP contribution in [0.15, 0.2) is 63.8 Å². The predicted molar refractivity (Wildman–Crippen MR) is 124 cm³/mol. The van der Waals surface area contributed by atoms with Crippen molar-refractivity contribution in [2.24, 2.45) is 7.05 Å². The van der Waals surface area contributed by atoms with Crippen LogP contribution in [0.3, 0.4) is 0 Å². The van der Waals surface area contributed by atoms with Gasteiger partial charge in [-0.25, -0.2) is 4.79 Å². The van der Waals surface area contributed by atoms with Crippen molar-refractivity contribution in [1.82, 2.24) is 20.0 Å². The van der Waals surface area contributed by atoms with E-state index < -0.39 is 17.9 Å². The minimum atomic E-state index is -0.555. The zero-order valence-corrected chi connectivity index (χ0v) is 19.1. The minimum Gasteiger partial charge on any atom is -0.390 e. The third-order valence-corrected chi connectivity index (χ3v) is 6.44. The van der Waals surface area contributed by atoms with Crippen LogP contribution in [0.2, 0.25) is 0 Å². The average molecular weight is 451 g/mol. The Kier molecular flexibility index (Phi) is 6.76. The summed E-state index contributed by atoms with van der Waals surface area (Å²) in [6, 6.07) is 17.2. The van der Waals surface area contributed by atoms with Crippen molar-refractivity contribution in [2.75, 3.05) is 7.05 Å². The quantitative estimate of drug-likeness (QED) is 0.574. The van der Waals surface area contributed by atoms with E-state index in [0.717, 1.165) is 35.1 Å². The number of nitrogens with one attached hydrogen (secondary N) is 1. The molecule has 1 aliphatic heterocycles. The van der Waals surface area contributed by atoms with Crippen LogP contribution in [-0.2, 0) is 13.5 Å². The Bertz CT molecular complexity index is 1140. The summed E-state index contributed by atoms with van der Waals surface area (Å²) >= 11 is 0. The largest absolute Gasteiger partial charge is 0.436 e. The first-order valence-electron chi connectivity index (χ1n) is 11.2. The number of nitrogens with zero attached hydrogens (tertiary/aromatic N) is 3. The normalized spacial score (nSPS) is 19.9. The molecule has 0 aliphatic carbocycles. The third kappa shape index (κ3) is 5.07. The molecule has 1 fully saturated rings. The average Bonchev–Trinajstić information content (AvgIpc) is 3.44. The summed E-state index contributed by atoms with van der Waals surface area (Å²) in [4.78, 5) is 25.9. The Morgan fingerprint density at radius 1 is 1.21 bits per heavy atom. The number of carbonyl (C=O) groups is 1. The van der Waals surface area contributed by atoms with Gasteiger partial charge < -0.3 is 19.7 Å². The van der Waals surface area contributed by atoms with Crippen molar-refractivity contribution in [1.29, 1.82) is 0 Å². The van der Waals surface area contributed by atoms with E-state index in [4.69, 9.17) is 4.42 Å². The van der Waals surface area contributed by atoms with Gasteiger partial charge in [0, 0.05) is 31.7 Å². The number of rotatable bonds is 7. The van der Waals surface area contributed by atoms with Gasteiger partial charge in [-0.05, 0) is 49.4 Å². The van der Waals surface area contributed by atoms with Crippen molar-refractivity contribution in [3.8, 4) is 0 Å². The van der Waals surface area contributed by atoms with Gasteiger partial charge in [0.05, 0.1) is 6.10 Å². The minimum absolute atomic E-state index is 0.0417. The van der Waals surface area contributed by atoms with Gasteiger partial charge in [0.1, 0.15) is 6.04 Å². The molecule has 1 unspecified atom stereocenters. The molecule has 1 saturated heterocycles. The third-order valence-electron chi connectivity index (χ3n) is 6.44. The lowest BCUT2D eigenvalue weighted by Gasteiger charge is -2.22. The number of aromatic nitrogens is 2. The molecule has 4 rings (SSSR count). The van der Waals surface area contributed by atoms with Gasteiger partial charge in [-0.3, -0.25) is 4.79 Å². The number of amides is 1. The highest BCUT2D eigenvalue weighted by Crippen LogP contribution is 2.27. The van der Waals surface area contributed by atoms with Crippen LogP contribution in [-0.4, -0.2) is 44.8 Å². The molecule has 2 aromatic carbocycles. The van der Waals surface area contributed by atoms with E-state index in [-0.39, 0.29) is 23.9 Å². The van der Waals surface area contributed by atoms with Gasteiger partial charge in [-0.15, -0.1) is 5.10 Å². The maximum atomic E-state index is 12.9. The second kappa shape index (κ2) is 9.72. The molecule has 1 aliphatic rings. The maximum absolute atomic E-state index is 12.9. The highest BCUT2D eigenvalue weighted by Gasteiger charge is 2.30. The van der Waals surface area contributed by atoms with Crippen molar-refractivity contribution >= 4 is 5.91 Å². The molecule has 2 heterocycles. The van der Waals surface area contributed by atoms with Gasteiger partial charge in [-0.1, -0.05) is 42.5 Å². The zero-order chi connectivity index (χ0) is 23.5. The van der Waals surface area contributed by atoms with Crippen molar-refractivity contribution in [3.63, 3.8) is 0 Å². The van der Waals surface area contributed by atoms with Crippen LogP contribution < -0.4 is 11.1 Å². The second-order valence-electron chi connectivity index (χ2n) is 8.73. The van der Waals surface area contributed by atoms with Crippen LogP contribution in [0.5, 0.6) is 0 Å². The van der Waals surface area contributed by atoms with E-state index in [1.165, 1.54) is 11.9 Å². The lowest BCUT2D eigenvalue weighted by atomic mass is 10.0. The molecule has 8 nitrogen and oxygen atoms in total. The van der Waals surface area contributed by atoms with Gasteiger partial charge in [0.15, 0.2) is 0 Å². The first kappa shape index (κ1) is 22.9. The molecule has 0 saturated carbocycles. The summed E-state index contributed by atoms with van der Waals surface area (Å²) in [5.74, 6) is -0.525. The molecule has 174 valence electrons. The number of benzene rings is 2. The Morgan fingerprint density at radius 2 is 1.91 bits per heavy atom. The molecule has 1 aromatic heterocycles. The molecule has 2 N–H and O–H groups in total. The maximum Gasteiger partial charge on any atom is 0.436 e. The number of hydrogen-bond acceptors (Lipinski definition) is 6. The molecule has 0 radical (unpaired) electrons. The lowest BCUT2D eigenvalue weighted by Crippen LogP contribution is -2.35. The van der Waals surface area contributed by atoms with Gasteiger partial charge >= 0.3 is 5.76 Å². The second-order valence-corrected chi connectivity index (χ2v) is 8.73. The molecule has 33 heavy (non-hydrogen) atoms. The van der Waals surface area contributed by atoms with Crippen LogP contribution in [0, 0.1) is 0 Å². The van der Waals surface area contributed by atoms with E-state index >= 15 is 0 Å². The molecule has 8 heteroatoms. The lowest BCUT2D eigenvalue weighted by molar-refractivity contribution is 0.0720. The van der Waals surface area contributed by atoms with Crippen molar-refractivity contribution in [3.05, 3.63) is 87.7 Å².